The minimum atomic E-state index is -4.97. The molecule has 0 aliphatic carbocycles. The van der Waals surface area contributed by atoms with E-state index in [1.54, 1.807) is 4.90 Å². The van der Waals surface area contributed by atoms with Gasteiger partial charge in [-0.25, -0.2) is 8.78 Å². The molecule has 1 amide bonds. The number of benzene rings is 2. The molecule has 1 aliphatic heterocycles. The van der Waals surface area contributed by atoms with Gasteiger partial charge in [0.05, 0.1) is 11.1 Å². The molecule has 1 unspecified atom stereocenters. The van der Waals surface area contributed by atoms with Gasteiger partial charge in [-0.3, -0.25) is 9.69 Å². The monoisotopic (exact) mass is 494 g/mol. The van der Waals surface area contributed by atoms with Gasteiger partial charge in [-0.1, -0.05) is 6.07 Å². The lowest BCUT2D eigenvalue weighted by Gasteiger charge is -2.31. The molecule has 1 heterocycles. The van der Waals surface area contributed by atoms with Crippen molar-refractivity contribution < 1.29 is 39.9 Å². The van der Waals surface area contributed by atoms with Gasteiger partial charge in [0.2, 0.25) is 5.91 Å². The van der Waals surface area contributed by atoms with Gasteiger partial charge in [0.25, 0.3) is 0 Å². The average Bonchev–Trinajstić information content (AvgIpc) is 3.27. The summed E-state index contributed by atoms with van der Waals surface area (Å²) in [5.41, 5.74) is -2.87. The summed E-state index contributed by atoms with van der Waals surface area (Å²) in [5, 5.41) is 0. The molecule has 0 spiro atoms. The Labute approximate surface area is 191 Å². The van der Waals surface area contributed by atoms with Gasteiger partial charge in [-0.05, 0) is 73.8 Å². The lowest BCUT2D eigenvalue weighted by Crippen LogP contribution is -2.41. The van der Waals surface area contributed by atoms with Gasteiger partial charge >= 0.3 is 12.4 Å². The summed E-state index contributed by atoms with van der Waals surface area (Å²) in [6.45, 7) is 0.892. The number of hydrogen-bond donors (Lipinski definition) is 0. The number of rotatable bonds is 6. The molecule has 186 valence electrons. The Morgan fingerprint density at radius 1 is 0.912 bits per heavy atom. The molecular weight excluding hydrogens is 472 g/mol. The van der Waals surface area contributed by atoms with Crippen LogP contribution in [0, 0.1) is 11.6 Å². The highest BCUT2D eigenvalue weighted by atomic mass is 19.4. The van der Waals surface area contributed by atoms with Crippen molar-refractivity contribution >= 4 is 5.91 Å². The topological polar surface area (TPSA) is 23.6 Å². The van der Waals surface area contributed by atoms with Crippen LogP contribution in [0.5, 0.6) is 0 Å². The Morgan fingerprint density at radius 2 is 1.47 bits per heavy atom. The van der Waals surface area contributed by atoms with Crippen molar-refractivity contribution in [1.82, 2.24) is 9.80 Å². The van der Waals surface area contributed by atoms with Gasteiger partial charge in [0, 0.05) is 13.6 Å². The highest BCUT2D eigenvalue weighted by Gasteiger charge is 2.37. The molecule has 1 fully saturated rings. The van der Waals surface area contributed by atoms with Crippen molar-refractivity contribution in [2.24, 2.45) is 0 Å². The summed E-state index contributed by atoms with van der Waals surface area (Å²) in [7, 11) is 1.36. The molecule has 3 nitrogen and oxygen atoms in total. The molecule has 1 saturated heterocycles. The molecule has 0 saturated carbocycles. The van der Waals surface area contributed by atoms with Crippen LogP contribution in [0.4, 0.5) is 35.1 Å². The molecule has 0 bridgehead atoms. The first-order valence-corrected chi connectivity index (χ1v) is 10.5. The van der Waals surface area contributed by atoms with Crippen LogP contribution in [0.15, 0.2) is 36.4 Å². The van der Waals surface area contributed by atoms with E-state index in [1.165, 1.54) is 18.0 Å². The zero-order valence-electron chi connectivity index (χ0n) is 18.1. The van der Waals surface area contributed by atoms with E-state index in [0.29, 0.717) is 25.2 Å². The Bertz CT molecular complexity index is 996. The quantitative estimate of drug-likeness (QED) is 0.471. The number of hydrogen-bond acceptors (Lipinski definition) is 2. The smallest absolute Gasteiger partial charge is 0.344 e. The maximum atomic E-state index is 13.8. The van der Waals surface area contributed by atoms with Crippen LogP contribution in [0.2, 0.25) is 0 Å². The first-order valence-electron chi connectivity index (χ1n) is 10.5. The van der Waals surface area contributed by atoms with Gasteiger partial charge in [-0.15, -0.1) is 0 Å². The van der Waals surface area contributed by atoms with E-state index in [9.17, 15) is 39.9 Å². The fourth-order valence-corrected chi connectivity index (χ4v) is 3.97. The third-order valence-electron chi connectivity index (χ3n) is 5.76. The lowest BCUT2D eigenvalue weighted by atomic mass is 10.0. The summed E-state index contributed by atoms with van der Waals surface area (Å²) in [5.74, 6) is -2.72. The third kappa shape index (κ3) is 6.05. The number of carbonyl (C=O) groups is 1. The van der Waals surface area contributed by atoms with Crippen molar-refractivity contribution in [1.29, 1.82) is 0 Å². The van der Waals surface area contributed by atoms with Crippen molar-refractivity contribution in [3.8, 4) is 0 Å². The van der Waals surface area contributed by atoms with Crippen LogP contribution < -0.4 is 0 Å². The SMILES string of the molecule is CN(CCc1cc(C(F)(F)F)cc(C(F)(F)F)c1)C(=O)C(c1ccc(F)c(F)c1)N1CCCC1. The Morgan fingerprint density at radius 3 is 1.97 bits per heavy atom. The Hall–Kier alpha value is -2.69. The molecule has 1 atom stereocenters. The van der Waals surface area contributed by atoms with Crippen LogP contribution in [0.25, 0.3) is 0 Å². The number of alkyl halides is 6. The zero-order chi connectivity index (χ0) is 25.3. The molecular formula is C23H22F8N2O. The fourth-order valence-electron chi connectivity index (χ4n) is 3.97. The van der Waals surface area contributed by atoms with E-state index in [0.717, 1.165) is 25.0 Å². The van der Waals surface area contributed by atoms with E-state index < -0.39 is 47.1 Å². The predicted octanol–water partition coefficient (Wildman–Crippen LogP) is 5.84. The minimum Gasteiger partial charge on any atom is -0.344 e. The standard InChI is InChI=1S/C23H22F8N2O/c1-32(9-6-14-10-16(22(26,27)28)13-17(11-14)23(29,30)31)21(34)20(33-7-2-3-8-33)15-4-5-18(24)19(25)12-15/h4-5,10-13,20H,2-3,6-9H2,1H3. The molecule has 2 aromatic rings. The van der Waals surface area contributed by atoms with Crippen molar-refractivity contribution in [2.75, 3.05) is 26.7 Å². The second kappa shape index (κ2) is 9.89. The number of halogens is 8. The summed E-state index contributed by atoms with van der Waals surface area (Å²) in [4.78, 5) is 16.2. The van der Waals surface area contributed by atoms with Crippen molar-refractivity contribution in [2.45, 2.75) is 37.7 Å². The molecule has 0 N–H and O–H groups in total. The molecule has 0 radical (unpaired) electrons. The minimum absolute atomic E-state index is 0.0465. The number of nitrogens with zero attached hydrogens (tertiary/aromatic N) is 2. The highest BCUT2D eigenvalue weighted by molar-refractivity contribution is 5.83. The zero-order valence-corrected chi connectivity index (χ0v) is 18.1. The molecule has 11 heteroatoms. The maximum Gasteiger partial charge on any atom is 0.416 e. The van der Waals surface area contributed by atoms with Crippen molar-refractivity contribution in [3.05, 3.63) is 70.3 Å². The predicted molar refractivity (Wildman–Crippen MR) is 108 cm³/mol. The van der Waals surface area contributed by atoms with Gasteiger partial charge in [-0.2, -0.15) is 26.3 Å². The number of likely N-dealkylation sites (N-methyl/N-ethyl adjacent to an activating group) is 1. The summed E-state index contributed by atoms with van der Waals surface area (Å²) in [6.07, 6.45) is -8.61. The van der Waals surface area contributed by atoms with E-state index >= 15 is 0 Å². The Balaban J connectivity index is 1.82. The second-order valence-electron chi connectivity index (χ2n) is 8.24. The van der Waals surface area contributed by atoms with Crippen LogP contribution in [-0.4, -0.2) is 42.4 Å². The normalized spacial score (nSPS) is 16.0. The maximum absolute atomic E-state index is 13.8. The molecule has 1 aliphatic rings. The van der Waals surface area contributed by atoms with E-state index in [2.05, 4.69) is 0 Å². The number of amides is 1. The first kappa shape index (κ1) is 25.9. The second-order valence-corrected chi connectivity index (χ2v) is 8.24. The summed E-state index contributed by atoms with van der Waals surface area (Å²) >= 11 is 0. The lowest BCUT2D eigenvalue weighted by molar-refractivity contribution is -0.143. The van der Waals surface area contributed by atoms with E-state index in [4.69, 9.17) is 0 Å². The van der Waals surface area contributed by atoms with Gasteiger partial charge in [0.15, 0.2) is 11.6 Å². The number of likely N-dealkylation sites (tertiary alicyclic amines) is 1. The molecule has 0 aromatic heterocycles. The van der Waals surface area contributed by atoms with E-state index in [-0.39, 0.29) is 30.2 Å². The molecule has 34 heavy (non-hydrogen) atoms. The summed E-state index contributed by atoms with van der Waals surface area (Å²) in [6, 6.07) is 3.46. The van der Waals surface area contributed by atoms with Gasteiger partial charge in [0.1, 0.15) is 6.04 Å². The highest BCUT2D eigenvalue weighted by Crippen LogP contribution is 2.36. The largest absolute Gasteiger partial charge is 0.416 e. The first-order chi connectivity index (χ1) is 15.8. The van der Waals surface area contributed by atoms with Crippen LogP contribution >= 0.6 is 0 Å². The van der Waals surface area contributed by atoms with Crippen LogP contribution in [0.3, 0.4) is 0 Å². The van der Waals surface area contributed by atoms with Crippen LogP contribution in [0.1, 0.15) is 41.1 Å². The summed E-state index contributed by atoms with van der Waals surface area (Å²) < 4.78 is 106. The molecule has 2 aromatic carbocycles. The average molecular weight is 494 g/mol. The third-order valence-corrected chi connectivity index (χ3v) is 5.76. The molecule has 3 rings (SSSR count). The fraction of sp³-hybridized carbons (Fsp3) is 0.435. The van der Waals surface area contributed by atoms with Crippen molar-refractivity contribution in [3.63, 3.8) is 0 Å². The Kier molecular flexibility index (Phi) is 7.54. The number of carbonyl (C=O) groups excluding carboxylic acids is 1. The van der Waals surface area contributed by atoms with E-state index in [1.807, 2.05) is 0 Å². The van der Waals surface area contributed by atoms with Gasteiger partial charge < -0.3 is 4.90 Å². The van der Waals surface area contributed by atoms with Crippen LogP contribution in [-0.2, 0) is 23.6 Å².